The summed E-state index contributed by atoms with van der Waals surface area (Å²) in [6.07, 6.45) is 2.07. The van der Waals surface area contributed by atoms with Crippen LogP contribution in [-0.4, -0.2) is 43.0 Å². The number of hydrogen-bond acceptors (Lipinski definition) is 11. The van der Waals surface area contributed by atoms with Gasteiger partial charge in [0.05, 0.1) is 28.8 Å². The Balaban J connectivity index is 1.86. The Labute approximate surface area is 205 Å². The van der Waals surface area contributed by atoms with Gasteiger partial charge in [-0.3, -0.25) is 43.6 Å². The van der Waals surface area contributed by atoms with Crippen molar-refractivity contribution in [1.82, 2.24) is 19.1 Å². The zero-order valence-corrected chi connectivity index (χ0v) is 19.4. The fourth-order valence-corrected chi connectivity index (χ4v) is 4.95. The molecule has 4 heterocycles. The quantitative estimate of drug-likeness (QED) is 0.178. The van der Waals surface area contributed by atoms with Gasteiger partial charge in [0.1, 0.15) is 9.75 Å². The molecule has 4 rings (SSSR count). The molecule has 0 spiro atoms. The normalized spacial score (nSPS) is 10.7. The summed E-state index contributed by atoms with van der Waals surface area (Å²) in [7, 11) is 1.11. The fraction of sp³-hybridized carbons (Fsp3) is 0.0526. The molecule has 3 N–H and O–H groups in total. The molecule has 0 unspecified atom stereocenters. The second-order valence-corrected chi connectivity index (χ2v) is 8.55. The highest BCUT2D eigenvalue weighted by Crippen LogP contribution is 2.35. The monoisotopic (exact) mass is 532 g/mol. The van der Waals surface area contributed by atoms with E-state index in [4.69, 9.17) is 4.74 Å². The maximum Gasteiger partial charge on any atom is 0.350 e. The number of thiophene rings is 2. The van der Waals surface area contributed by atoms with Crippen molar-refractivity contribution in [2.75, 3.05) is 12.4 Å². The summed E-state index contributed by atoms with van der Waals surface area (Å²) in [4.78, 5) is 87.5. The number of rotatable bonds is 6. The molecule has 0 aliphatic heterocycles. The number of ether oxygens (including phenoxy) is 1. The minimum Gasteiger partial charge on any atom is -0.465 e. The third-order valence-corrected chi connectivity index (χ3v) is 6.57. The van der Waals surface area contributed by atoms with Crippen molar-refractivity contribution in [3.05, 3.63) is 96.8 Å². The van der Waals surface area contributed by atoms with E-state index < -0.39 is 50.7 Å². The Morgan fingerprint density at radius 1 is 0.944 bits per heavy atom. The number of hydrogen-bond donors (Lipinski definition) is 3. The minimum atomic E-state index is -1.01. The fourth-order valence-electron chi connectivity index (χ4n) is 3.15. The molecule has 4 aromatic rings. The molecular weight excluding hydrogens is 520 g/mol. The van der Waals surface area contributed by atoms with E-state index in [-0.39, 0.29) is 21.1 Å². The van der Waals surface area contributed by atoms with Crippen LogP contribution in [0.15, 0.2) is 54.5 Å². The van der Waals surface area contributed by atoms with Crippen LogP contribution in [0.25, 0.3) is 11.4 Å². The van der Waals surface area contributed by atoms with Gasteiger partial charge in [-0.2, -0.15) is 0 Å². The van der Waals surface area contributed by atoms with Gasteiger partial charge in [0, 0.05) is 29.9 Å². The maximum atomic E-state index is 13.2. The maximum absolute atomic E-state index is 13.2. The first-order chi connectivity index (χ1) is 17.1. The summed E-state index contributed by atoms with van der Waals surface area (Å²) in [6.45, 7) is 0. The third kappa shape index (κ3) is 4.30. The van der Waals surface area contributed by atoms with Crippen LogP contribution in [0, 0.1) is 10.1 Å². The zero-order valence-electron chi connectivity index (χ0n) is 17.8. The highest BCUT2D eigenvalue weighted by Gasteiger charge is 2.29. The average molecular weight is 532 g/mol. The lowest BCUT2D eigenvalue weighted by atomic mass is 10.3. The molecule has 4 aromatic heterocycles. The zero-order chi connectivity index (χ0) is 26.1. The van der Waals surface area contributed by atoms with Crippen molar-refractivity contribution in [2.45, 2.75) is 0 Å². The Morgan fingerprint density at radius 2 is 1.50 bits per heavy atom. The van der Waals surface area contributed by atoms with Crippen LogP contribution >= 0.6 is 22.7 Å². The van der Waals surface area contributed by atoms with Gasteiger partial charge in [0.2, 0.25) is 0 Å². The van der Waals surface area contributed by atoms with Gasteiger partial charge < -0.3 is 10.1 Å². The average Bonchev–Trinajstić information content (AvgIpc) is 3.43. The van der Waals surface area contributed by atoms with E-state index in [2.05, 4.69) is 5.32 Å². The number of aromatic amines is 2. The van der Waals surface area contributed by atoms with Crippen LogP contribution in [0.3, 0.4) is 0 Å². The van der Waals surface area contributed by atoms with Gasteiger partial charge >= 0.3 is 23.0 Å². The van der Waals surface area contributed by atoms with E-state index in [0.29, 0.717) is 11.3 Å². The highest BCUT2D eigenvalue weighted by atomic mass is 32.1. The van der Waals surface area contributed by atoms with Gasteiger partial charge in [-0.15, -0.1) is 22.7 Å². The lowest BCUT2D eigenvalue weighted by molar-refractivity contribution is -0.384. The molecule has 184 valence electrons. The van der Waals surface area contributed by atoms with Crippen LogP contribution in [0.5, 0.6) is 0 Å². The topological polar surface area (TPSA) is 208 Å². The Hall–Kier alpha value is -4.90. The molecule has 15 nitrogen and oxygen atoms in total. The largest absolute Gasteiger partial charge is 0.465 e. The lowest BCUT2D eigenvalue weighted by Crippen LogP contribution is -2.29. The number of methoxy groups -OCH3 is 1. The van der Waals surface area contributed by atoms with Crippen molar-refractivity contribution in [3.8, 4) is 11.4 Å². The van der Waals surface area contributed by atoms with Gasteiger partial charge in [-0.1, -0.05) is 0 Å². The molecule has 0 fully saturated rings. The molecular formula is C19H12N6O9S2. The molecule has 0 aromatic carbocycles. The van der Waals surface area contributed by atoms with Crippen molar-refractivity contribution in [3.63, 3.8) is 0 Å². The Morgan fingerprint density at radius 3 is 2.03 bits per heavy atom. The predicted octanol–water partition coefficient (Wildman–Crippen LogP) is 0.435. The van der Waals surface area contributed by atoms with E-state index in [1.807, 2.05) is 9.97 Å². The molecule has 0 bridgehead atoms. The van der Waals surface area contributed by atoms with Crippen molar-refractivity contribution in [2.24, 2.45) is 0 Å². The van der Waals surface area contributed by atoms with Crippen LogP contribution in [0.2, 0.25) is 0 Å². The van der Waals surface area contributed by atoms with Gasteiger partial charge in [-0.25, -0.2) is 14.4 Å². The number of anilines is 1. The van der Waals surface area contributed by atoms with Crippen molar-refractivity contribution >= 4 is 45.9 Å². The summed E-state index contributed by atoms with van der Waals surface area (Å²) in [5, 5.41) is 16.4. The highest BCUT2D eigenvalue weighted by molar-refractivity contribution is 7.13. The second-order valence-electron chi connectivity index (χ2n) is 6.79. The van der Waals surface area contributed by atoms with E-state index in [9.17, 15) is 38.9 Å². The summed E-state index contributed by atoms with van der Waals surface area (Å²) in [6, 6.07) is 1.97. The Kier molecular flexibility index (Phi) is 6.32. The van der Waals surface area contributed by atoms with Crippen molar-refractivity contribution in [1.29, 1.82) is 0 Å². The molecule has 0 saturated heterocycles. The Bertz CT molecular complexity index is 1770. The number of carbonyl (C=O) groups excluding carboxylic acids is 2. The van der Waals surface area contributed by atoms with Gasteiger partial charge in [-0.05, 0) is 0 Å². The summed E-state index contributed by atoms with van der Waals surface area (Å²) < 4.78 is 6.37. The standard InChI is InChI=1S/C19H12N6O9S2/c1-34-17(29)15-12(23-4-2-10(26)21-18(23)30)8(6-35-15)20-16(28)14-13(9(7-36-14)25(32)33)24-5-3-11(27)22-19(24)31/h2-7H,1H3,(H,20,28)(H,21,26,30)(H,22,27,31). The number of nitrogens with one attached hydrogen (secondary N) is 3. The molecule has 36 heavy (non-hydrogen) atoms. The molecule has 0 aliphatic rings. The van der Waals surface area contributed by atoms with Crippen LogP contribution < -0.4 is 27.8 Å². The molecule has 17 heteroatoms. The van der Waals surface area contributed by atoms with E-state index in [1.54, 1.807) is 0 Å². The molecule has 0 saturated carbocycles. The van der Waals surface area contributed by atoms with Crippen LogP contribution in [0.4, 0.5) is 11.4 Å². The second kappa shape index (κ2) is 9.39. The van der Waals surface area contributed by atoms with Gasteiger partial charge in [0.15, 0.2) is 5.69 Å². The van der Waals surface area contributed by atoms with Crippen LogP contribution in [0.1, 0.15) is 19.3 Å². The van der Waals surface area contributed by atoms with E-state index >= 15 is 0 Å². The summed E-state index contributed by atoms with van der Waals surface area (Å²) >= 11 is 1.48. The van der Waals surface area contributed by atoms with Crippen LogP contribution in [-0.2, 0) is 4.74 Å². The van der Waals surface area contributed by atoms with E-state index in [0.717, 1.165) is 57.5 Å². The minimum absolute atomic E-state index is 0.0598. The molecule has 0 atom stereocenters. The molecule has 0 aliphatic carbocycles. The summed E-state index contributed by atoms with van der Waals surface area (Å²) in [5.41, 5.74) is -4.50. The first-order valence-electron chi connectivity index (χ1n) is 9.54. The number of nitrogens with zero attached hydrogens (tertiary/aromatic N) is 3. The first kappa shape index (κ1) is 24.2. The van der Waals surface area contributed by atoms with Gasteiger partial charge in [0.25, 0.3) is 17.0 Å². The van der Waals surface area contributed by atoms with E-state index in [1.165, 1.54) is 5.38 Å². The predicted molar refractivity (Wildman–Crippen MR) is 127 cm³/mol. The number of nitro groups is 1. The first-order valence-corrected chi connectivity index (χ1v) is 11.3. The number of aromatic nitrogens is 4. The summed E-state index contributed by atoms with van der Waals surface area (Å²) in [5.74, 6) is -1.75. The SMILES string of the molecule is COC(=O)c1scc(NC(=O)c2scc([N+](=O)[O-])c2-n2ccc(=O)[nH]c2=O)c1-n1ccc(=O)[nH]c1=O. The molecule has 0 radical (unpaired) electrons. The third-order valence-electron chi connectivity index (χ3n) is 4.66. The number of esters is 1. The number of H-pyrrole nitrogens is 2. The lowest BCUT2D eigenvalue weighted by Gasteiger charge is -2.11. The smallest absolute Gasteiger partial charge is 0.350 e. The molecule has 1 amide bonds. The number of carbonyl (C=O) groups is 2. The number of amides is 1. The van der Waals surface area contributed by atoms with Crippen molar-refractivity contribution < 1.29 is 19.2 Å².